The molecule has 1 unspecified atom stereocenters. The van der Waals surface area contributed by atoms with Crippen molar-refractivity contribution in [3.05, 3.63) is 35.9 Å². The summed E-state index contributed by atoms with van der Waals surface area (Å²) in [6.07, 6.45) is 2.10. The van der Waals surface area contributed by atoms with Gasteiger partial charge in [0.2, 0.25) is 5.91 Å². The van der Waals surface area contributed by atoms with Crippen LogP contribution in [0.5, 0.6) is 0 Å². The number of likely N-dealkylation sites (tertiary alicyclic amines) is 1. The lowest BCUT2D eigenvalue weighted by Crippen LogP contribution is -2.42. The summed E-state index contributed by atoms with van der Waals surface area (Å²) in [6, 6.07) is 8.44. The Morgan fingerprint density at radius 3 is 2.70 bits per heavy atom. The second kappa shape index (κ2) is 8.31. The summed E-state index contributed by atoms with van der Waals surface area (Å²) in [7, 11) is 0. The van der Waals surface area contributed by atoms with Crippen LogP contribution in [0.15, 0.2) is 30.3 Å². The fourth-order valence-electron chi connectivity index (χ4n) is 2.46. The maximum absolute atomic E-state index is 12.2. The van der Waals surface area contributed by atoms with Crippen molar-refractivity contribution in [1.82, 2.24) is 10.2 Å². The Morgan fingerprint density at radius 2 is 2.00 bits per heavy atom. The van der Waals surface area contributed by atoms with Crippen molar-refractivity contribution >= 4 is 17.9 Å². The normalized spacial score (nSPS) is 17.4. The van der Waals surface area contributed by atoms with E-state index in [0.717, 1.165) is 24.8 Å². The minimum Gasteiger partial charge on any atom is -0.445 e. The minimum absolute atomic E-state index is 0.00535. The Hall–Kier alpha value is -2.37. The summed E-state index contributed by atoms with van der Waals surface area (Å²) in [5.41, 5.74) is 0.859. The molecule has 1 atom stereocenters. The quantitative estimate of drug-likeness (QED) is 0.618. The average molecular weight is 318 g/mol. The molecule has 0 radical (unpaired) electrons. The summed E-state index contributed by atoms with van der Waals surface area (Å²) < 4.78 is 5.08. The third-order valence-corrected chi connectivity index (χ3v) is 3.73. The first-order chi connectivity index (χ1) is 11.1. The van der Waals surface area contributed by atoms with E-state index in [-0.39, 0.29) is 24.8 Å². The fraction of sp³-hybridized carbons (Fsp3) is 0.471. The predicted molar refractivity (Wildman–Crippen MR) is 84.4 cm³/mol. The molecular formula is C17H22N2O4. The van der Waals surface area contributed by atoms with Crippen LogP contribution >= 0.6 is 0 Å². The summed E-state index contributed by atoms with van der Waals surface area (Å²) in [5, 5.41) is 2.48. The highest BCUT2D eigenvalue weighted by Gasteiger charge is 2.39. The molecular weight excluding hydrogens is 296 g/mol. The van der Waals surface area contributed by atoms with Gasteiger partial charge in [-0.1, -0.05) is 50.1 Å². The van der Waals surface area contributed by atoms with Gasteiger partial charge in [0, 0.05) is 6.54 Å². The number of carbonyl (C=O) groups excluding carboxylic acids is 3. The number of alkyl carbamates (subject to hydrolysis) is 1. The number of hydrogen-bond acceptors (Lipinski definition) is 4. The zero-order valence-corrected chi connectivity index (χ0v) is 13.3. The van der Waals surface area contributed by atoms with Crippen molar-refractivity contribution in [2.75, 3.05) is 6.54 Å². The molecule has 0 spiro atoms. The highest BCUT2D eigenvalue weighted by molar-refractivity contribution is 6.06. The number of nitrogens with zero attached hydrogens (tertiary/aromatic N) is 1. The van der Waals surface area contributed by atoms with Gasteiger partial charge in [-0.25, -0.2) is 4.79 Å². The zero-order valence-electron chi connectivity index (χ0n) is 13.3. The average Bonchev–Trinajstić information content (AvgIpc) is 2.81. The van der Waals surface area contributed by atoms with Gasteiger partial charge >= 0.3 is 6.09 Å². The Balaban J connectivity index is 1.79. The summed E-state index contributed by atoms with van der Waals surface area (Å²) in [4.78, 5) is 37.0. The third-order valence-electron chi connectivity index (χ3n) is 3.73. The molecule has 124 valence electrons. The first-order valence-corrected chi connectivity index (χ1v) is 7.93. The molecule has 0 aliphatic carbocycles. The van der Waals surface area contributed by atoms with Gasteiger partial charge in [0.25, 0.3) is 5.91 Å². The van der Waals surface area contributed by atoms with Crippen molar-refractivity contribution in [2.45, 2.75) is 45.3 Å². The minimum atomic E-state index is -0.813. The number of hydrogen-bond donors (Lipinski definition) is 1. The lowest BCUT2D eigenvalue weighted by Gasteiger charge is -2.15. The third kappa shape index (κ3) is 4.81. The van der Waals surface area contributed by atoms with E-state index >= 15 is 0 Å². The Kier molecular flexibility index (Phi) is 6.14. The molecule has 1 heterocycles. The number of carbonyl (C=O) groups is 3. The van der Waals surface area contributed by atoms with Crippen LogP contribution in [0.25, 0.3) is 0 Å². The van der Waals surface area contributed by atoms with Crippen LogP contribution < -0.4 is 5.32 Å². The number of nitrogens with one attached hydrogen (secondary N) is 1. The van der Waals surface area contributed by atoms with E-state index < -0.39 is 12.1 Å². The molecule has 0 aromatic heterocycles. The van der Waals surface area contributed by atoms with Gasteiger partial charge in [-0.15, -0.1) is 0 Å². The fourth-order valence-corrected chi connectivity index (χ4v) is 2.46. The Bertz CT molecular complexity index is 559. The largest absolute Gasteiger partial charge is 0.445 e. The van der Waals surface area contributed by atoms with Crippen LogP contribution in [0.3, 0.4) is 0 Å². The number of rotatable bonds is 7. The SMILES string of the molecule is CCCCCN1C(=O)CC(NC(=O)OCc2ccccc2)C1=O. The van der Waals surface area contributed by atoms with Crippen LogP contribution in [0, 0.1) is 0 Å². The number of amides is 3. The second-order valence-corrected chi connectivity index (χ2v) is 5.55. The van der Waals surface area contributed by atoms with Gasteiger partial charge < -0.3 is 10.1 Å². The Labute approximate surface area is 135 Å². The topological polar surface area (TPSA) is 75.7 Å². The van der Waals surface area contributed by atoms with Crippen LogP contribution in [0.1, 0.15) is 38.2 Å². The predicted octanol–water partition coefficient (Wildman–Crippen LogP) is 2.23. The Morgan fingerprint density at radius 1 is 1.26 bits per heavy atom. The molecule has 1 fully saturated rings. The van der Waals surface area contributed by atoms with Gasteiger partial charge in [0.05, 0.1) is 6.42 Å². The van der Waals surface area contributed by atoms with Crippen LogP contribution in [0.2, 0.25) is 0 Å². The van der Waals surface area contributed by atoms with Gasteiger partial charge in [-0.05, 0) is 12.0 Å². The zero-order chi connectivity index (χ0) is 16.7. The molecule has 2 rings (SSSR count). The highest BCUT2D eigenvalue weighted by atomic mass is 16.5. The summed E-state index contributed by atoms with van der Waals surface area (Å²) in [5.74, 6) is -0.581. The van der Waals surface area contributed by atoms with E-state index in [0.29, 0.717) is 6.54 Å². The number of benzene rings is 1. The van der Waals surface area contributed by atoms with Crippen LogP contribution in [0.4, 0.5) is 4.79 Å². The molecule has 1 aromatic carbocycles. The lowest BCUT2D eigenvalue weighted by atomic mass is 10.2. The van der Waals surface area contributed by atoms with E-state index in [1.54, 1.807) is 0 Å². The molecule has 1 aliphatic rings. The molecule has 3 amide bonds. The van der Waals surface area contributed by atoms with Gasteiger partial charge in [0.15, 0.2) is 0 Å². The maximum Gasteiger partial charge on any atom is 0.408 e. The van der Waals surface area contributed by atoms with Crippen molar-refractivity contribution < 1.29 is 19.1 Å². The molecule has 6 nitrogen and oxygen atoms in total. The van der Waals surface area contributed by atoms with Crippen LogP contribution in [-0.4, -0.2) is 35.4 Å². The molecule has 1 saturated heterocycles. The van der Waals surface area contributed by atoms with E-state index in [2.05, 4.69) is 12.2 Å². The smallest absolute Gasteiger partial charge is 0.408 e. The molecule has 1 aromatic rings. The van der Waals surface area contributed by atoms with E-state index in [1.807, 2.05) is 30.3 Å². The molecule has 0 bridgehead atoms. The second-order valence-electron chi connectivity index (χ2n) is 5.55. The van der Waals surface area contributed by atoms with E-state index in [1.165, 1.54) is 4.90 Å². The van der Waals surface area contributed by atoms with Crippen molar-refractivity contribution in [2.24, 2.45) is 0 Å². The first-order valence-electron chi connectivity index (χ1n) is 7.93. The van der Waals surface area contributed by atoms with Crippen molar-refractivity contribution in [3.63, 3.8) is 0 Å². The van der Waals surface area contributed by atoms with Crippen molar-refractivity contribution in [3.8, 4) is 0 Å². The van der Waals surface area contributed by atoms with Crippen LogP contribution in [-0.2, 0) is 20.9 Å². The van der Waals surface area contributed by atoms with E-state index in [9.17, 15) is 14.4 Å². The monoisotopic (exact) mass is 318 g/mol. The summed E-state index contributed by atoms with van der Waals surface area (Å²) >= 11 is 0. The number of ether oxygens (including phenoxy) is 1. The van der Waals surface area contributed by atoms with Crippen molar-refractivity contribution in [1.29, 1.82) is 0 Å². The van der Waals surface area contributed by atoms with Gasteiger partial charge in [-0.3, -0.25) is 14.5 Å². The molecule has 1 N–H and O–H groups in total. The first kappa shape index (κ1) is 17.0. The number of imide groups is 1. The van der Waals surface area contributed by atoms with Gasteiger partial charge in [0.1, 0.15) is 12.6 Å². The molecule has 1 aliphatic heterocycles. The molecule has 0 saturated carbocycles. The number of unbranched alkanes of at least 4 members (excludes halogenated alkanes) is 2. The summed E-state index contributed by atoms with van der Waals surface area (Å²) in [6.45, 7) is 2.60. The van der Waals surface area contributed by atoms with Gasteiger partial charge in [-0.2, -0.15) is 0 Å². The molecule has 23 heavy (non-hydrogen) atoms. The lowest BCUT2D eigenvalue weighted by molar-refractivity contribution is -0.138. The highest BCUT2D eigenvalue weighted by Crippen LogP contribution is 2.14. The van der Waals surface area contributed by atoms with E-state index in [4.69, 9.17) is 4.74 Å². The maximum atomic E-state index is 12.2. The molecule has 6 heteroatoms. The standard InChI is InChI=1S/C17H22N2O4/c1-2-3-7-10-19-15(20)11-14(16(19)21)18-17(22)23-12-13-8-5-4-6-9-13/h4-6,8-9,14H,2-3,7,10-12H2,1H3,(H,18,22).